The van der Waals surface area contributed by atoms with E-state index in [1.54, 1.807) is 0 Å². The number of phenolic OH excluding ortho intramolecular Hbond substituents is 2. The average Bonchev–Trinajstić information content (AvgIpc) is 2.08. The Labute approximate surface area is 79.1 Å². The zero-order chi connectivity index (χ0) is 9.30. The van der Waals surface area contributed by atoms with Crippen LogP contribution in [0.5, 0.6) is 17.2 Å². The third-order valence-electron chi connectivity index (χ3n) is 1.34. The van der Waals surface area contributed by atoms with Crippen molar-refractivity contribution in [3.05, 3.63) is 16.1 Å². The van der Waals surface area contributed by atoms with Crippen molar-refractivity contribution in [1.82, 2.24) is 0 Å². The fraction of sp³-hybridized carbons (Fsp3) is 0.143. The maximum atomic E-state index is 9.20. The van der Waals surface area contributed by atoms with Crippen LogP contribution in [0.25, 0.3) is 0 Å². The first-order valence-corrected chi connectivity index (χ1v) is 3.77. The summed E-state index contributed by atoms with van der Waals surface area (Å²) < 4.78 is 4.75. The molecule has 0 aliphatic heterocycles. The second kappa shape index (κ2) is 3.29. The lowest BCUT2D eigenvalue weighted by Gasteiger charge is -2.07. The molecule has 1 aromatic carbocycles. The second-order valence-electron chi connectivity index (χ2n) is 2.07. The van der Waals surface area contributed by atoms with Crippen molar-refractivity contribution in [2.45, 2.75) is 0 Å². The second-order valence-corrected chi connectivity index (χ2v) is 2.83. The highest BCUT2D eigenvalue weighted by Gasteiger charge is 2.14. The Kier molecular flexibility index (Phi) is 2.55. The molecule has 0 spiro atoms. The largest absolute Gasteiger partial charge is 0.506 e. The molecule has 1 rings (SSSR count). The minimum atomic E-state index is -0.379. The Balaban J connectivity index is 3.39. The summed E-state index contributed by atoms with van der Waals surface area (Å²) in [5.74, 6) is -0.471. The number of halogens is 2. The van der Waals surface area contributed by atoms with Crippen LogP contribution in [0.2, 0.25) is 10.0 Å². The summed E-state index contributed by atoms with van der Waals surface area (Å²) >= 11 is 11.1. The minimum Gasteiger partial charge on any atom is -0.506 e. The molecule has 0 aliphatic carbocycles. The molecule has 0 atom stereocenters. The molecule has 5 heteroatoms. The fourth-order valence-corrected chi connectivity index (χ4v) is 1.16. The molecule has 0 aromatic heterocycles. The summed E-state index contributed by atoms with van der Waals surface area (Å²) in [5.41, 5.74) is 0. The van der Waals surface area contributed by atoms with Gasteiger partial charge in [0.2, 0.25) is 0 Å². The molecule has 0 saturated carbocycles. The molecule has 3 nitrogen and oxygen atoms in total. The summed E-state index contributed by atoms with van der Waals surface area (Å²) in [5, 5.41) is 18.1. The zero-order valence-electron chi connectivity index (χ0n) is 6.14. The normalized spacial score (nSPS) is 9.92. The third kappa shape index (κ3) is 1.38. The van der Waals surface area contributed by atoms with Gasteiger partial charge in [-0.1, -0.05) is 23.2 Å². The molecule has 0 heterocycles. The van der Waals surface area contributed by atoms with Gasteiger partial charge in [0.1, 0.15) is 21.5 Å². The molecule has 0 saturated heterocycles. The quantitative estimate of drug-likeness (QED) is 0.746. The molecule has 12 heavy (non-hydrogen) atoms. The molecular formula is C7H6Cl2O3. The predicted octanol–water partition coefficient (Wildman–Crippen LogP) is 2.41. The Morgan fingerprint density at radius 1 is 1.25 bits per heavy atom. The number of ether oxygens (including phenoxy) is 1. The van der Waals surface area contributed by atoms with Crippen LogP contribution >= 0.6 is 23.2 Å². The first kappa shape index (κ1) is 9.29. The predicted molar refractivity (Wildman–Crippen MR) is 46.3 cm³/mol. The van der Waals surface area contributed by atoms with Gasteiger partial charge < -0.3 is 14.9 Å². The Morgan fingerprint density at radius 2 is 1.83 bits per heavy atom. The SMILES string of the molecule is COc1cc(O)c(Cl)c(O)c1Cl. The van der Waals surface area contributed by atoms with Gasteiger partial charge in [0.05, 0.1) is 7.11 Å². The van der Waals surface area contributed by atoms with Crippen molar-refractivity contribution >= 4 is 23.2 Å². The van der Waals surface area contributed by atoms with Gasteiger partial charge in [-0.3, -0.25) is 0 Å². The van der Waals surface area contributed by atoms with E-state index in [0.29, 0.717) is 0 Å². The van der Waals surface area contributed by atoms with Crippen molar-refractivity contribution in [3.8, 4) is 17.2 Å². The molecule has 0 unspecified atom stereocenters. The molecule has 2 N–H and O–H groups in total. The number of rotatable bonds is 1. The summed E-state index contributed by atoms with van der Waals surface area (Å²) in [4.78, 5) is 0. The lowest BCUT2D eigenvalue weighted by Crippen LogP contribution is -1.85. The van der Waals surface area contributed by atoms with E-state index in [1.807, 2.05) is 0 Å². The molecule has 0 bridgehead atoms. The molecule has 0 aliphatic rings. The highest BCUT2D eigenvalue weighted by Crippen LogP contribution is 2.44. The summed E-state index contributed by atoms with van der Waals surface area (Å²) in [6.07, 6.45) is 0. The monoisotopic (exact) mass is 208 g/mol. The van der Waals surface area contributed by atoms with Gasteiger partial charge >= 0.3 is 0 Å². The average molecular weight is 209 g/mol. The topological polar surface area (TPSA) is 49.7 Å². The van der Waals surface area contributed by atoms with Crippen LogP contribution in [0, 0.1) is 0 Å². The van der Waals surface area contributed by atoms with Crippen LogP contribution in [0.1, 0.15) is 0 Å². The summed E-state index contributed by atoms with van der Waals surface area (Å²) in [6, 6.07) is 1.23. The number of benzene rings is 1. The van der Waals surface area contributed by atoms with Crippen LogP contribution in [0.3, 0.4) is 0 Å². The first-order valence-electron chi connectivity index (χ1n) is 3.01. The Morgan fingerprint density at radius 3 is 2.33 bits per heavy atom. The standard InChI is InChI=1S/C7H6Cl2O3/c1-12-4-2-3(10)5(8)7(11)6(4)9/h2,10-11H,1H3. The lowest BCUT2D eigenvalue weighted by atomic mass is 10.3. The third-order valence-corrected chi connectivity index (χ3v) is 2.08. The Bertz CT molecular complexity index is 312. The van der Waals surface area contributed by atoms with Crippen LogP contribution in [-0.4, -0.2) is 17.3 Å². The highest BCUT2D eigenvalue weighted by atomic mass is 35.5. The Hall–Kier alpha value is -0.800. The molecule has 1 aromatic rings. The van der Waals surface area contributed by atoms with Gasteiger partial charge in [-0.2, -0.15) is 0 Å². The van der Waals surface area contributed by atoms with Crippen LogP contribution < -0.4 is 4.74 Å². The molecule has 0 fully saturated rings. The number of aromatic hydroxyl groups is 2. The maximum absolute atomic E-state index is 9.20. The van der Waals surface area contributed by atoms with E-state index >= 15 is 0 Å². The van der Waals surface area contributed by atoms with E-state index in [2.05, 4.69) is 0 Å². The molecule has 0 radical (unpaired) electrons. The molecule has 0 amide bonds. The van der Waals surface area contributed by atoms with Gasteiger partial charge in [0.15, 0.2) is 5.75 Å². The van der Waals surface area contributed by atoms with Gasteiger partial charge in [0, 0.05) is 6.07 Å². The smallest absolute Gasteiger partial charge is 0.160 e. The van der Waals surface area contributed by atoms with Crippen LogP contribution in [-0.2, 0) is 0 Å². The van der Waals surface area contributed by atoms with E-state index in [0.717, 1.165) is 0 Å². The van der Waals surface area contributed by atoms with Crippen molar-refractivity contribution in [2.24, 2.45) is 0 Å². The van der Waals surface area contributed by atoms with Crippen molar-refractivity contribution in [1.29, 1.82) is 0 Å². The van der Waals surface area contributed by atoms with Gasteiger partial charge in [0.25, 0.3) is 0 Å². The zero-order valence-corrected chi connectivity index (χ0v) is 7.65. The summed E-state index contributed by atoms with van der Waals surface area (Å²) in [7, 11) is 1.37. The number of hydrogen-bond acceptors (Lipinski definition) is 3. The minimum absolute atomic E-state index is 0.0136. The van der Waals surface area contributed by atoms with E-state index in [9.17, 15) is 5.11 Å². The lowest BCUT2D eigenvalue weighted by molar-refractivity contribution is 0.398. The van der Waals surface area contributed by atoms with Crippen molar-refractivity contribution < 1.29 is 14.9 Å². The molecular weight excluding hydrogens is 203 g/mol. The van der Waals surface area contributed by atoms with Crippen LogP contribution in [0.4, 0.5) is 0 Å². The maximum Gasteiger partial charge on any atom is 0.160 e. The molecule has 66 valence electrons. The highest BCUT2D eigenvalue weighted by molar-refractivity contribution is 6.38. The number of hydrogen-bond donors (Lipinski definition) is 2. The van der Waals surface area contributed by atoms with Crippen molar-refractivity contribution in [3.63, 3.8) is 0 Å². The van der Waals surface area contributed by atoms with E-state index in [1.165, 1.54) is 13.2 Å². The summed E-state index contributed by atoms with van der Waals surface area (Å²) in [6.45, 7) is 0. The van der Waals surface area contributed by atoms with Gasteiger partial charge in [-0.15, -0.1) is 0 Å². The van der Waals surface area contributed by atoms with E-state index in [4.69, 9.17) is 33.0 Å². The fourth-order valence-electron chi connectivity index (χ4n) is 0.734. The van der Waals surface area contributed by atoms with Gasteiger partial charge in [-0.05, 0) is 0 Å². The van der Waals surface area contributed by atoms with Gasteiger partial charge in [-0.25, -0.2) is 0 Å². The first-order chi connectivity index (χ1) is 5.57. The number of phenols is 2. The number of methoxy groups -OCH3 is 1. The van der Waals surface area contributed by atoms with E-state index in [-0.39, 0.29) is 27.3 Å². The van der Waals surface area contributed by atoms with Crippen LogP contribution in [0.15, 0.2) is 6.07 Å². The van der Waals surface area contributed by atoms with Crippen molar-refractivity contribution in [2.75, 3.05) is 7.11 Å². The van der Waals surface area contributed by atoms with E-state index < -0.39 is 0 Å².